The normalized spacial score (nSPS) is 16.3. The molecule has 0 aliphatic carbocycles. The van der Waals surface area contributed by atoms with Crippen molar-refractivity contribution in [3.63, 3.8) is 0 Å². The van der Waals surface area contributed by atoms with Gasteiger partial charge in [-0.05, 0) is 30.2 Å². The van der Waals surface area contributed by atoms with E-state index in [2.05, 4.69) is 28.9 Å². The molecular formula is C17H25N3O2. The number of hydrogen-bond donors (Lipinski definition) is 0. The van der Waals surface area contributed by atoms with Crippen LogP contribution in [-0.4, -0.2) is 56.7 Å². The fourth-order valence-corrected chi connectivity index (χ4v) is 2.81. The third-order valence-corrected chi connectivity index (χ3v) is 4.24. The lowest BCUT2D eigenvalue weighted by molar-refractivity contribution is 0.129. The molecule has 22 heavy (non-hydrogen) atoms. The van der Waals surface area contributed by atoms with E-state index in [1.165, 1.54) is 11.1 Å². The van der Waals surface area contributed by atoms with Crippen LogP contribution in [0, 0.1) is 18.3 Å². The number of aryl methyl sites for hydroxylation is 1. The van der Waals surface area contributed by atoms with Crippen molar-refractivity contribution in [2.24, 2.45) is 0 Å². The van der Waals surface area contributed by atoms with Crippen LogP contribution in [0.4, 0.5) is 0 Å². The van der Waals surface area contributed by atoms with Crippen molar-refractivity contribution in [1.82, 2.24) is 9.80 Å². The highest BCUT2D eigenvalue weighted by molar-refractivity contribution is 5.47. The lowest BCUT2D eigenvalue weighted by atomic mass is 10.1. The Labute approximate surface area is 133 Å². The van der Waals surface area contributed by atoms with Crippen LogP contribution in [0.25, 0.3) is 0 Å². The second-order valence-corrected chi connectivity index (χ2v) is 5.66. The van der Waals surface area contributed by atoms with Gasteiger partial charge in [0.1, 0.15) is 0 Å². The van der Waals surface area contributed by atoms with Crippen molar-refractivity contribution in [3.8, 4) is 17.6 Å². The summed E-state index contributed by atoms with van der Waals surface area (Å²) in [6, 6.07) is 6.33. The van der Waals surface area contributed by atoms with Gasteiger partial charge in [-0.25, -0.2) is 0 Å². The first-order chi connectivity index (χ1) is 10.7. The zero-order chi connectivity index (χ0) is 15.9. The number of methoxy groups -OCH3 is 2. The number of ether oxygens (including phenoxy) is 2. The Balaban J connectivity index is 1.96. The van der Waals surface area contributed by atoms with Crippen LogP contribution in [0.2, 0.25) is 0 Å². The Bertz CT molecular complexity index is 531. The maximum absolute atomic E-state index is 8.66. The van der Waals surface area contributed by atoms with Gasteiger partial charge in [0.05, 0.1) is 20.3 Å². The summed E-state index contributed by atoms with van der Waals surface area (Å²) in [6.07, 6.45) is 0.620. The van der Waals surface area contributed by atoms with Crippen LogP contribution in [0.3, 0.4) is 0 Å². The van der Waals surface area contributed by atoms with Crippen molar-refractivity contribution >= 4 is 0 Å². The van der Waals surface area contributed by atoms with Gasteiger partial charge in [-0.3, -0.25) is 9.80 Å². The second-order valence-electron chi connectivity index (χ2n) is 5.66. The Morgan fingerprint density at radius 3 is 2.23 bits per heavy atom. The van der Waals surface area contributed by atoms with Gasteiger partial charge in [0.2, 0.25) is 0 Å². The molecule has 0 atom stereocenters. The van der Waals surface area contributed by atoms with Gasteiger partial charge >= 0.3 is 0 Å². The highest BCUT2D eigenvalue weighted by Gasteiger charge is 2.18. The van der Waals surface area contributed by atoms with E-state index in [-0.39, 0.29) is 0 Å². The minimum absolute atomic E-state index is 0.620. The van der Waals surface area contributed by atoms with E-state index in [0.29, 0.717) is 6.42 Å². The molecule has 1 aromatic carbocycles. The summed E-state index contributed by atoms with van der Waals surface area (Å²) in [5.41, 5.74) is 2.51. The zero-order valence-electron chi connectivity index (χ0n) is 13.8. The molecule has 0 unspecified atom stereocenters. The topological polar surface area (TPSA) is 48.7 Å². The van der Waals surface area contributed by atoms with Crippen LogP contribution in [0.15, 0.2) is 12.1 Å². The molecule has 0 saturated carbocycles. The number of benzene rings is 1. The van der Waals surface area contributed by atoms with E-state index in [0.717, 1.165) is 50.8 Å². The SMILES string of the molecule is COc1cc(C)c(CN2CCN(CCC#N)CC2)cc1OC. The molecule has 5 heteroatoms. The van der Waals surface area contributed by atoms with E-state index in [4.69, 9.17) is 14.7 Å². The first-order valence-corrected chi connectivity index (χ1v) is 7.71. The predicted octanol–water partition coefficient (Wildman–Crippen LogP) is 2.04. The van der Waals surface area contributed by atoms with Gasteiger partial charge in [-0.1, -0.05) is 0 Å². The molecule has 1 heterocycles. The van der Waals surface area contributed by atoms with Gasteiger partial charge in [0, 0.05) is 45.7 Å². The van der Waals surface area contributed by atoms with Gasteiger partial charge < -0.3 is 9.47 Å². The zero-order valence-corrected chi connectivity index (χ0v) is 13.8. The monoisotopic (exact) mass is 303 g/mol. The van der Waals surface area contributed by atoms with E-state index in [1.807, 2.05) is 6.07 Å². The molecule has 1 aromatic rings. The van der Waals surface area contributed by atoms with E-state index in [9.17, 15) is 0 Å². The van der Waals surface area contributed by atoms with Crippen LogP contribution in [0.1, 0.15) is 17.5 Å². The van der Waals surface area contributed by atoms with Gasteiger partial charge in [-0.15, -0.1) is 0 Å². The van der Waals surface area contributed by atoms with Crippen LogP contribution in [0.5, 0.6) is 11.5 Å². The number of hydrogen-bond acceptors (Lipinski definition) is 5. The van der Waals surface area contributed by atoms with E-state index >= 15 is 0 Å². The summed E-state index contributed by atoms with van der Waals surface area (Å²) in [6.45, 7) is 8.08. The van der Waals surface area contributed by atoms with Crippen molar-refractivity contribution in [3.05, 3.63) is 23.3 Å². The highest BCUT2D eigenvalue weighted by Crippen LogP contribution is 2.30. The summed E-state index contributed by atoms with van der Waals surface area (Å²) in [7, 11) is 3.34. The molecule has 0 N–H and O–H groups in total. The summed E-state index contributed by atoms with van der Waals surface area (Å²) in [4.78, 5) is 4.82. The Morgan fingerprint density at radius 1 is 1.05 bits per heavy atom. The lowest BCUT2D eigenvalue weighted by Crippen LogP contribution is -2.46. The fraction of sp³-hybridized carbons (Fsp3) is 0.588. The average Bonchev–Trinajstić information content (AvgIpc) is 2.55. The van der Waals surface area contributed by atoms with Crippen molar-refractivity contribution in [2.75, 3.05) is 46.9 Å². The number of nitriles is 1. The summed E-state index contributed by atoms with van der Waals surface area (Å²) >= 11 is 0. The van der Waals surface area contributed by atoms with E-state index < -0.39 is 0 Å². The molecule has 5 nitrogen and oxygen atoms in total. The molecule has 0 aromatic heterocycles. The maximum atomic E-state index is 8.66. The molecule has 120 valence electrons. The number of rotatable bonds is 6. The molecule has 0 radical (unpaired) electrons. The summed E-state index contributed by atoms with van der Waals surface area (Å²) in [5, 5.41) is 8.66. The maximum Gasteiger partial charge on any atom is 0.161 e. The smallest absolute Gasteiger partial charge is 0.161 e. The molecule has 0 amide bonds. The minimum Gasteiger partial charge on any atom is -0.493 e. The molecule has 1 saturated heterocycles. The molecule has 1 fully saturated rings. The van der Waals surface area contributed by atoms with Crippen LogP contribution < -0.4 is 9.47 Å². The third-order valence-electron chi connectivity index (χ3n) is 4.24. The number of piperazine rings is 1. The van der Waals surface area contributed by atoms with Gasteiger partial charge in [0.25, 0.3) is 0 Å². The molecule has 1 aliphatic rings. The van der Waals surface area contributed by atoms with Crippen LogP contribution in [-0.2, 0) is 6.54 Å². The Kier molecular flexibility index (Phi) is 6.05. The minimum atomic E-state index is 0.620. The van der Waals surface area contributed by atoms with Gasteiger partial charge in [0.15, 0.2) is 11.5 Å². The quantitative estimate of drug-likeness (QED) is 0.805. The van der Waals surface area contributed by atoms with E-state index in [1.54, 1.807) is 14.2 Å². The standard InChI is InChI=1S/C17H25N3O2/c1-14-11-16(21-2)17(22-3)12-15(14)13-20-9-7-19(8-10-20)6-4-5-18/h11-12H,4,6-10,13H2,1-3H3. The first kappa shape index (κ1) is 16.6. The average molecular weight is 303 g/mol. The predicted molar refractivity (Wildman–Crippen MR) is 86.2 cm³/mol. The molecule has 1 aliphatic heterocycles. The Hall–Kier alpha value is -1.77. The summed E-state index contributed by atoms with van der Waals surface area (Å²) in [5.74, 6) is 1.57. The third kappa shape index (κ3) is 4.12. The lowest BCUT2D eigenvalue weighted by Gasteiger charge is -2.34. The second kappa shape index (κ2) is 8.02. The Morgan fingerprint density at radius 2 is 1.64 bits per heavy atom. The first-order valence-electron chi connectivity index (χ1n) is 7.71. The highest BCUT2D eigenvalue weighted by atomic mass is 16.5. The van der Waals surface area contributed by atoms with Crippen molar-refractivity contribution in [1.29, 1.82) is 5.26 Å². The molecule has 0 spiro atoms. The largest absolute Gasteiger partial charge is 0.493 e. The van der Waals surface area contributed by atoms with Crippen molar-refractivity contribution in [2.45, 2.75) is 19.9 Å². The molecular weight excluding hydrogens is 278 g/mol. The van der Waals surface area contributed by atoms with Gasteiger partial charge in [-0.2, -0.15) is 5.26 Å². The summed E-state index contributed by atoms with van der Waals surface area (Å²) < 4.78 is 10.7. The fourth-order valence-electron chi connectivity index (χ4n) is 2.81. The molecule has 0 bridgehead atoms. The number of nitrogens with zero attached hydrogens (tertiary/aromatic N) is 3. The van der Waals surface area contributed by atoms with Crippen molar-refractivity contribution < 1.29 is 9.47 Å². The van der Waals surface area contributed by atoms with Crippen LogP contribution >= 0.6 is 0 Å². The molecule has 2 rings (SSSR count).